The lowest BCUT2D eigenvalue weighted by Gasteiger charge is -2.44. The summed E-state index contributed by atoms with van der Waals surface area (Å²) in [5, 5.41) is 0. The van der Waals surface area contributed by atoms with Crippen LogP contribution in [0.4, 0.5) is 8.78 Å². The van der Waals surface area contributed by atoms with Gasteiger partial charge in [-0.3, -0.25) is 4.90 Å². The lowest BCUT2D eigenvalue weighted by molar-refractivity contribution is -0.0500. The van der Waals surface area contributed by atoms with E-state index in [9.17, 15) is 8.78 Å². The van der Waals surface area contributed by atoms with Gasteiger partial charge in [0.2, 0.25) is 0 Å². The van der Waals surface area contributed by atoms with E-state index < -0.39 is 6.61 Å². The Morgan fingerprint density at radius 2 is 2.14 bits per heavy atom. The molecular weight excluding hydrogens is 274 g/mol. The predicted octanol–water partition coefficient (Wildman–Crippen LogP) is 3.55. The molecule has 1 heterocycles. The highest BCUT2D eigenvalue weighted by atomic mass is 19.3. The number of piperidine rings is 1. The number of ether oxygens (including phenoxy) is 1. The summed E-state index contributed by atoms with van der Waals surface area (Å²) in [6.45, 7) is 2.15. The highest BCUT2D eigenvalue weighted by Gasteiger charge is 2.31. The van der Waals surface area contributed by atoms with Gasteiger partial charge in [0.25, 0.3) is 0 Å². The molecule has 0 amide bonds. The molecule has 0 spiro atoms. The highest BCUT2D eigenvalue weighted by molar-refractivity contribution is 5.30. The lowest BCUT2D eigenvalue weighted by Crippen LogP contribution is -2.49. The molecule has 3 unspecified atom stereocenters. The van der Waals surface area contributed by atoms with Gasteiger partial charge in [-0.05, 0) is 44.4 Å². The van der Waals surface area contributed by atoms with Crippen molar-refractivity contribution in [3.63, 3.8) is 0 Å². The summed E-state index contributed by atoms with van der Waals surface area (Å²) < 4.78 is 29.2. The van der Waals surface area contributed by atoms with Crippen LogP contribution in [0.15, 0.2) is 24.3 Å². The molecule has 1 aromatic rings. The third-order valence-electron chi connectivity index (χ3n) is 4.37. The molecule has 1 aliphatic heterocycles. The van der Waals surface area contributed by atoms with Crippen LogP contribution in [0.1, 0.15) is 44.7 Å². The van der Waals surface area contributed by atoms with E-state index in [0.717, 1.165) is 18.4 Å². The van der Waals surface area contributed by atoms with Gasteiger partial charge in [0.05, 0.1) is 0 Å². The van der Waals surface area contributed by atoms with Crippen molar-refractivity contribution in [1.29, 1.82) is 0 Å². The number of hydrogen-bond acceptors (Lipinski definition) is 3. The van der Waals surface area contributed by atoms with Crippen molar-refractivity contribution in [2.75, 3.05) is 6.54 Å². The molecule has 2 rings (SSSR count). The van der Waals surface area contributed by atoms with Crippen molar-refractivity contribution < 1.29 is 13.5 Å². The predicted molar refractivity (Wildman–Crippen MR) is 79.5 cm³/mol. The Kier molecular flexibility index (Phi) is 5.53. The van der Waals surface area contributed by atoms with E-state index >= 15 is 0 Å². The number of likely N-dealkylation sites (tertiary alicyclic amines) is 1. The van der Waals surface area contributed by atoms with Gasteiger partial charge in [0, 0.05) is 24.7 Å². The molecule has 1 aromatic carbocycles. The van der Waals surface area contributed by atoms with Gasteiger partial charge >= 0.3 is 6.61 Å². The first kappa shape index (κ1) is 16.2. The van der Waals surface area contributed by atoms with Crippen LogP contribution in [0.5, 0.6) is 5.75 Å². The number of benzene rings is 1. The topological polar surface area (TPSA) is 38.5 Å². The van der Waals surface area contributed by atoms with Crippen molar-refractivity contribution >= 4 is 0 Å². The molecule has 1 aliphatic rings. The monoisotopic (exact) mass is 298 g/mol. The van der Waals surface area contributed by atoms with Crippen molar-refractivity contribution in [3.05, 3.63) is 29.8 Å². The summed E-state index contributed by atoms with van der Waals surface area (Å²) in [4.78, 5) is 2.41. The summed E-state index contributed by atoms with van der Waals surface area (Å²) in [7, 11) is 0. The maximum absolute atomic E-state index is 12.3. The maximum Gasteiger partial charge on any atom is 0.387 e. The molecule has 5 heteroatoms. The zero-order valence-electron chi connectivity index (χ0n) is 12.6. The zero-order valence-corrected chi connectivity index (χ0v) is 12.6. The van der Waals surface area contributed by atoms with Gasteiger partial charge in [0.1, 0.15) is 5.75 Å². The Bertz CT molecular complexity index is 456. The van der Waals surface area contributed by atoms with Crippen LogP contribution in [0.3, 0.4) is 0 Å². The fraction of sp³-hybridized carbons (Fsp3) is 0.625. The third-order valence-corrected chi connectivity index (χ3v) is 4.37. The number of rotatable bonds is 5. The molecule has 0 aromatic heterocycles. The molecule has 21 heavy (non-hydrogen) atoms. The summed E-state index contributed by atoms with van der Waals surface area (Å²) in [5.41, 5.74) is 6.89. The molecule has 3 atom stereocenters. The fourth-order valence-corrected chi connectivity index (χ4v) is 3.37. The van der Waals surface area contributed by atoms with E-state index in [-0.39, 0.29) is 11.8 Å². The van der Waals surface area contributed by atoms with E-state index in [0.29, 0.717) is 18.6 Å². The summed E-state index contributed by atoms with van der Waals surface area (Å²) in [5.74, 6) is 0.211. The molecule has 1 fully saturated rings. The summed E-state index contributed by atoms with van der Waals surface area (Å²) in [6.07, 6.45) is 3.44. The first-order valence-corrected chi connectivity index (χ1v) is 7.55. The zero-order chi connectivity index (χ0) is 15.4. The van der Waals surface area contributed by atoms with Crippen LogP contribution in [0.25, 0.3) is 0 Å². The van der Waals surface area contributed by atoms with Crippen molar-refractivity contribution in [2.45, 2.75) is 57.8 Å². The molecule has 0 saturated carbocycles. The van der Waals surface area contributed by atoms with E-state index in [1.54, 1.807) is 18.2 Å². The number of nitrogens with two attached hydrogens (primary N) is 1. The highest BCUT2D eigenvalue weighted by Crippen LogP contribution is 2.33. The van der Waals surface area contributed by atoms with Crippen LogP contribution < -0.4 is 10.5 Å². The Hall–Kier alpha value is -1.20. The van der Waals surface area contributed by atoms with Crippen LogP contribution >= 0.6 is 0 Å². The molecule has 118 valence electrons. The number of hydrogen-bond donors (Lipinski definition) is 1. The first-order valence-electron chi connectivity index (χ1n) is 7.55. The minimum Gasteiger partial charge on any atom is -0.435 e. The minimum atomic E-state index is -2.79. The van der Waals surface area contributed by atoms with Gasteiger partial charge in [0.15, 0.2) is 0 Å². The Morgan fingerprint density at radius 1 is 1.38 bits per heavy atom. The molecule has 0 bridgehead atoms. The van der Waals surface area contributed by atoms with E-state index in [1.165, 1.54) is 6.42 Å². The van der Waals surface area contributed by atoms with Gasteiger partial charge in [-0.15, -0.1) is 0 Å². The lowest BCUT2D eigenvalue weighted by atomic mass is 9.92. The maximum atomic E-state index is 12.3. The Morgan fingerprint density at radius 3 is 2.81 bits per heavy atom. The average Bonchev–Trinajstić information content (AvgIpc) is 2.45. The van der Waals surface area contributed by atoms with Gasteiger partial charge in [-0.1, -0.05) is 18.6 Å². The van der Waals surface area contributed by atoms with E-state index in [2.05, 4.69) is 23.5 Å². The normalized spacial score (nSPS) is 25.0. The molecule has 0 aliphatic carbocycles. The third kappa shape index (κ3) is 3.92. The number of alkyl halides is 2. The summed E-state index contributed by atoms with van der Waals surface area (Å²) in [6, 6.07) is 7.90. The minimum absolute atomic E-state index is 0.134. The van der Waals surface area contributed by atoms with E-state index in [4.69, 9.17) is 5.73 Å². The fourth-order valence-electron chi connectivity index (χ4n) is 3.37. The van der Waals surface area contributed by atoms with Crippen molar-refractivity contribution in [2.24, 2.45) is 5.73 Å². The van der Waals surface area contributed by atoms with Crippen molar-refractivity contribution in [1.82, 2.24) is 4.90 Å². The van der Waals surface area contributed by atoms with Crippen LogP contribution in [-0.2, 0) is 0 Å². The summed E-state index contributed by atoms with van der Waals surface area (Å²) >= 11 is 0. The average molecular weight is 298 g/mol. The molecular formula is C16H24F2N2O. The Balaban J connectivity index is 2.19. The standard InChI is InChI=1S/C16H24F2N2O/c1-11-5-3-7-14(10-19)20(11)12(2)13-6-4-8-15(9-13)21-16(17)18/h4,6,8-9,11-12,14,16H,3,5,7,10,19H2,1-2H3. The van der Waals surface area contributed by atoms with Crippen molar-refractivity contribution in [3.8, 4) is 5.75 Å². The molecule has 2 N–H and O–H groups in total. The van der Waals surface area contributed by atoms with Gasteiger partial charge < -0.3 is 10.5 Å². The second-order valence-corrected chi connectivity index (χ2v) is 5.74. The van der Waals surface area contributed by atoms with Gasteiger partial charge in [-0.2, -0.15) is 8.78 Å². The molecule has 0 radical (unpaired) electrons. The van der Waals surface area contributed by atoms with Crippen LogP contribution in [0, 0.1) is 0 Å². The second-order valence-electron chi connectivity index (χ2n) is 5.74. The second kappa shape index (κ2) is 7.18. The first-order chi connectivity index (χ1) is 10.0. The van der Waals surface area contributed by atoms with Crippen LogP contribution in [0.2, 0.25) is 0 Å². The smallest absolute Gasteiger partial charge is 0.387 e. The largest absolute Gasteiger partial charge is 0.435 e. The van der Waals surface area contributed by atoms with Crippen LogP contribution in [-0.4, -0.2) is 30.1 Å². The number of nitrogens with zero attached hydrogens (tertiary/aromatic N) is 1. The van der Waals surface area contributed by atoms with E-state index in [1.807, 2.05) is 6.07 Å². The van der Waals surface area contributed by atoms with Gasteiger partial charge in [-0.25, -0.2) is 0 Å². The SMILES string of the molecule is CC1CCCC(CN)N1C(C)c1cccc(OC(F)F)c1. The molecule has 1 saturated heterocycles. The quantitative estimate of drug-likeness (QED) is 0.903. The molecule has 3 nitrogen and oxygen atoms in total. The number of halogens is 2. The Labute approximate surface area is 125 Å².